The number of nitrogens with one attached hydrogen (secondary N) is 3. The van der Waals surface area contributed by atoms with E-state index in [1.54, 1.807) is 6.07 Å². The van der Waals surface area contributed by atoms with Gasteiger partial charge in [0.25, 0.3) is 0 Å². The van der Waals surface area contributed by atoms with Crippen LogP contribution in [0.2, 0.25) is 5.02 Å². The molecule has 3 aromatic carbocycles. The number of anilines is 3. The molecule has 41 heavy (non-hydrogen) atoms. The molecule has 0 amide bonds. The molecule has 0 saturated carbocycles. The van der Waals surface area contributed by atoms with Crippen molar-refractivity contribution in [3.8, 4) is 6.07 Å². The van der Waals surface area contributed by atoms with Crippen LogP contribution in [0.5, 0.6) is 0 Å². The normalized spacial score (nSPS) is 14.5. The Labute approximate surface area is 240 Å². The largest absolute Gasteiger partial charge is 0.373 e. The van der Waals surface area contributed by atoms with E-state index in [4.69, 9.17) is 11.6 Å². The van der Waals surface area contributed by atoms with Crippen molar-refractivity contribution in [3.63, 3.8) is 0 Å². The topological polar surface area (TPSA) is 103 Å². The van der Waals surface area contributed by atoms with Crippen LogP contribution in [0.15, 0.2) is 73.1 Å². The van der Waals surface area contributed by atoms with Crippen molar-refractivity contribution >= 4 is 39.6 Å². The molecule has 11 heteroatoms. The van der Waals surface area contributed by atoms with Gasteiger partial charge >= 0.3 is 0 Å². The monoisotopic (exact) mass is 570 g/mol. The van der Waals surface area contributed by atoms with E-state index in [9.17, 15) is 9.65 Å². The molecular weight excluding hydrogens is 546 g/mol. The molecule has 5 aromatic rings. The van der Waals surface area contributed by atoms with Crippen molar-refractivity contribution in [1.82, 2.24) is 25.3 Å². The maximum absolute atomic E-state index is 15.5. The minimum atomic E-state index is -0.570. The van der Waals surface area contributed by atoms with Gasteiger partial charge in [-0.1, -0.05) is 47.1 Å². The number of benzene rings is 3. The van der Waals surface area contributed by atoms with Gasteiger partial charge in [-0.05, 0) is 61.8 Å². The van der Waals surface area contributed by atoms with Crippen molar-refractivity contribution in [2.45, 2.75) is 24.9 Å². The van der Waals surface area contributed by atoms with Gasteiger partial charge in [-0.2, -0.15) is 5.26 Å². The molecule has 0 radical (unpaired) electrons. The van der Waals surface area contributed by atoms with E-state index >= 15 is 4.39 Å². The summed E-state index contributed by atoms with van der Waals surface area (Å²) >= 11 is 5.97. The quantitative estimate of drug-likeness (QED) is 0.205. The van der Waals surface area contributed by atoms with Crippen LogP contribution in [0, 0.1) is 23.0 Å². The molecule has 0 bridgehead atoms. The number of piperidine rings is 1. The summed E-state index contributed by atoms with van der Waals surface area (Å²) < 4.78 is 31.2. The zero-order valence-corrected chi connectivity index (χ0v) is 22.5. The summed E-state index contributed by atoms with van der Waals surface area (Å²) in [6, 6.07) is 18.9. The molecular formula is C30H25ClF2N8. The number of nitrogens with zero attached hydrogens (tertiary/aromatic N) is 5. The van der Waals surface area contributed by atoms with Crippen LogP contribution in [0.25, 0.3) is 10.9 Å². The van der Waals surface area contributed by atoms with Crippen LogP contribution < -0.4 is 16.0 Å². The van der Waals surface area contributed by atoms with Crippen LogP contribution in [0.4, 0.5) is 25.8 Å². The SMILES string of the molecule is N#Cc1cnc2c(F)cc(N[C@@H](c3ccccc3)c3cn(C4CCNCC4)nn3)cc2c1Nc1ccc(F)c(Cl)c1. The summed E-state index contributed by atoms with van der Waals surface area (Å²) in [7, 11) is 0. The van der Waals surface area contributed by atoms with Crippen molar-refractivity contribution in [2.75, 3.05) is 23.7 Å². The van der Waals surface area contributed by atoms with Crippen LogP contribution in [-0.4, -0.2) is 33.1 Å². The predicted molar refractivity (Wildman–Crippen MR) is 154 cm³/mol. The van der Waals surface area contributed by atoms with Gasteiger partial charge in [0.05, 0.1) is 34.6 Å². The zero-order valence-electron chi connectivity index (χ0n) is 21.8. The van der Waals surface area contributed by atoms with E-state index in [1.165, 1.54) is 30.5 Å². The lowest BCUT2D eigenvalue weighted by molar-refractivity contribution is 0.337. The van der Waals surface area contributed by atoms with Gasteiger partial charge in [0, 0.05) is 23.0 Å². The molecule has 3 N–H and O–H groups in total. The van der Waals surface area contributed by atoms with Crippen LogP contribution >= 0.6 is 11.6 Å². The molecule has 8 nitrogen and oxygen atoms in total. The Bertz CT molecular complexity index is 1750. The Kier molecular flexibility index (Phi) is 7.46. The lowest BCUT2D eigenvalue weighted by atomic mass is 10.0. The third-order valence-corrected chi connectivity index (χ3v) is 7.47. The van der Waals surface area contributed by atoms with E-state index < -0.39 is 17.7 Å². The molecule has 0 aliphatic carbocycles. The second-order valence-corrected chi connectivity index (χ2v) is 10.3. The number of pyridine rings is 1. The number of nitriles is 1. The summed E-state index contributed by atoms with van der Waals surface area (Å²) in [5, 5.41) is 28.9. The maximum atomic E-state index is 15.5. The number of rotatable bonds is 7. The zero-order chi connectivity index (χ0) is 28.3. The highest BCUT2D eigenvalue weighted by molar-refractivity contribution is 6.31. The minimum absolute atomic E-state index is 0.0800. The first-order valence-corrected chi connectivity index (χ1v) is 13.6. The van der Waals surface area contributed by atoms with Crippen molar-refractivity contribution in [2.24, 2.45) is 0 Å². The second kappa shape index (κ2) is 11.5. The third kappa shape index (κ3) is 5.55. The van der Waals surface area contributed by atoms with Gasteiger partial charge in [-0.3, -0.25) is 4.98 Å². The van der Waals surface area contributed by atoms with Crippen LogP contribution in [-0.2, 0) is 0 Å². The molecule has 206 valence electrons. The number of hydrogen-bond acceptors (Lipinski definition) is 7. The number of aromatic nitrogens is 4. The average molecular weight is 571 g/mol. The maximum Gasteiger partial charge on any atom is 0.151 e. The van der Waals surface area contributed by atoms with Gasteiger partial charge in [-0.25, -0.2) is 13.5 Å². The highest BCUT2D eigenvalue weighted by Gasteiger charge is 2.23. The molecule has 1 saturated heterocycles. The Hall–Kier alpha value is -4.59. The Morgan fingerprint density at radius 1 is 1.02 bits per heavy atom. The molecule has 1 fully saturated rings. The molecule has 3 heterocycles. The van der Waals surface area contributed by atoms with E-state index in [1.807, 2.05) is 41.2 Å². The summed E-state index contributed by atoms with van der Waals surface area (Å²) in [6.45, 7) is 1.85. The molecule has 1 atom stereocenters. The molecule has 0 spiro atoms. The highest BCUT2D eigenvalue weighted by Crippen LogP contribution is 2.35. The molecule has 0 unspecified atom stereocenters. The predicted octanol–water partition coefficient (Wildman–Crippen LogP) is 6.50. The van der Waals surface area contributed by atoms with Gasteiger partial charge in [0.2, 0.25) is 0 Å². The van der Waals surface area contributed by atoms with Crippen molar-refractivity contribution in [3.05, 3.63) is 107 Å². The lowest BCUT2D eigenvalue weighted by Crippen LogP contribution is -2.29. The lowest BCUT2D eigenvalue weighted by Gasteiger charge is -2.22. The van der Waals surface area contributed by atoms with Gasteiger partial charge in [0.1, 0.15) is 23.1 Å². The summed E-state index contributed by atoms with van der Waals surface area (Å²) in [6.07, 6.45) is 5.17. The summed E-state index contributed by atoms with van der Waals surface area (Å²) in [5.74, 6) is -1.14. The Morgan fingerprint density at radius 2 is 1.83 bits per heavy atom. The standard InChI is InChI=1S/C30H25ClF2N8/c31-24-13-20(6-7-25(24)32)37-28-19(15-34)16-36-30-23(28)12-21(14-26(30)33)38-29(18-4-2-1-3-5-18)27-17-41(40-39-27)22-8-10-35-11-9-22/h1-7,12-14,16-17,22,29,35,38H,8-11H2,(H,36,37)/t29-/m0/s1. The third-order valence-electron chi connectivity index (χ3n) is 7.18. The summed E-state index contributed by atoms with van der Waals surface area (Å²) in [5.41, 5.74) is 3.12. The van der Waals surface area contributed by atoms with E-state index in [0.717, 1.165) is 31.5 Å². The van der Waals surface area contributed by atoms with E-state index in [0.29, 0.717) is 28.1 Å². The van der Waals surface area contributed by atoms with Gasteiger partial charge in [0.15, 0.2) is 5.82 Å². The number of halogens is 3. The first-order chi connectivity index (χ1) is 20.0. The van der Waals surface area contributed by atoms with E-state index in [2.05, 4.69) is 37.3 Å². The van der Waals surface area contributed by atoms with Crippen LogP contribution in [0.1, 0.15) is 41.7 Å². The van der Waals surface area contributed by atoms with Gasteiger partial charge in [-0.15, -0.1) is 5.10 Å². The minimum Gasteiger partial charge on any atom is -0.373 e. The molecule has 1 aliphatic heterocycles. The fourth-order valence-corrected chi connectivity index (χ4v) is 5.27. The second-order valence-electron chi connectivity index (χ2n) is 9.86. The average Bonchev–Trinajstić information content (AvgIpc) is 3.49. The Morgan fingerprint density at radius 3 is 2.59 bits per heavy atom. The van der Waals surface area contributed by atoms with Crippen molar-refractivity contribution < 1.29 is 8.78 Å². The smallest absolute Gasteiger partial charge is 0.151 e. The summed E-state index contributed by atoms with van der Waals surface area (Å²) in [4.78, 5) is 4.20. The highest BCUT2D eigenvalue weighted by atomic mass is 35.5. The number of hydrogen-bond donors (Lipinski definition) is 3. The number of fused-ring (bicyclic) bond motifs is 1. The fourth-order valence-electron chi connectivity index (χ4n) is 5.09. The van der Waals surface area contributed by atoms with Gasteiger partial charge < -0.3 is 16.0 Å². The Balaban J connectivity index is 1.41. The first-order valence-electron chi connectivity index (χ1n) is 13.2. The fraction of sp³-hybridized carbons (Fsp3) is 0.200. The van der Waals surface area contributed by atoms with E-state index in [-0.39, 0.29) is 22.1 Å². The molecule has 1 aliphatic rings. The van der Waals surface area contributed by atoms with Crippen molar-refractivity contribution in [1.29, 1.82) is 5.26 Å². The molecule has 6 rings (SSSR count). The molecule has 2 aromatic heterocycles. The van der Waals surface area contributed by atoms with Crippen LogP contribution in [0.3, 0.4) is 0 Å². The first kappa shape index (κ1) is 26.6.